The van der Waals surface area contributed by atoms with Gasteiger partial charge in [-0.05, 0) is 49.6 Å². The van der Waals surface area contributed by atoms with Crippen LogP contribution < -0.4 is 5.32 Å². The standard InChI is InChI=1S/C15H18N2/c1-11-4-5-15(13(3)8-11)17-10-14-9-16-7-6-12(14)2/h4-9,17H,10H2,1-3H3. The van der Waals surface area contributed by atoms with Gasteiger partial charge in [0.2, 0.25) is 0 Å². The summed E-state index contributed by atoms with van der Waals surface area (Å²) in [6, 6.07) is 8.50. The molecule has 0 saturated carbocycles. The predicted molar refractivity (Wildman–Crippen MR) is 72.2 cm³/mol. The lowest BCUT2D eigenvalue weighted by Crippen LogP contribution is -2.03. The highest BCUT2D eigenvalue weighted by Crippen LogP contribution is 2.17. The van der Waals surface area contributed by atoms with Gasteiger partial charge in [-0.1, -0.05) is 17.7 Å². The molecule has 2 aromatic rings. The Balaban J connectivity index is 2.10. The van der Waals surface area contributed by atoms with Crippen LogP contribution in [0, 0.1) is 20.8 Å². The fraction of sp³-hybridized carbons (Fsp3) is 0.267. The van der Waals surface area contributed by atoms with Gasteiger partial charge in [-0.3, -0.25) is 4.98 Å². The number of aromatic nitrogens is 1. The van der Waals surface area contributed by atoms with Crippen molar-refractivity contribution in [1.29, 1.82) is 0 Å². The molecular formula is C15H18N2. The molecule has 0 saturated heterocycles. The van der Waals surface area contributed by atoms with Crippen LogP contribution in [0.5, 0.6) is 0 Å². The van der Waals surface area contributed by atoms with Gasteiger partial charge in [0.25, 0.3) is 0 Å². The van der Waals surface area contributed by atoms with Crippen molar-refractivity contribution in [2.75, 3.05) is 5.32 Å². The summed E-state index contributed by atoms with van der Waals surface area (Å²) in [6.45, 7) is 7.18. The SMILES string of the molecule is Cc1ccc(NCc2cnccc2C)c(C)c1. The van der Waals surface area contributed by atoms with E-state index in [1.807, 2.05) is 18.5 Å². The van der Waals surface area contributed by atoms with Gasteiger partial charge in [-0.25, -0.2) is 0 Å². The number of benzene rings is 1. The predicted octanol–water partition coefficient (Wildman–Crippen LogP) is 3.62. The highest BCUT2D eigenvalue weighted by Gasteiger charge is 2.00. The number of aryl methyl sites for hydroxylation is 3. The van der Waals surface area contributed by atoms with Crippen molar-refractivity contribution >= 4 is 5.69 Å². The van der Waals surface area contributed by atoms with Crippen molar-refractivity contribution < 1.29 is 0 Å². The fourth-order valence-electron chi connectivity index (χ4n) is 1.88. The minimum atomic E-state index is 0.823. The summed E-state index contributed by atoms with van der Waals surface area (Å²) in [5, 5.41) is 3.46. The van der Waals surface area contributed by atoms with E-state index in [4.69, 9.17) is 0 Å². The van der Waals surface area contributed by atoms with Crippen LogP contribution in [-0.4, -0.2) is 4.98 Å². The number of pyridine rings is 1. The number of nitrogens with one attached hydrogen (secondary N) is 1. The molecule has 0 fully saturated rings. The smallest absolute Gasteiger partial charge is 0.0418 e. The highest BCUT2D eigenvalue weighted by atomic mass is 14.9. The first-order chi connectivity index (χ1) is 8.16. The quantitative estimate of drug-likeness (QED) is 0.864. The molecule has 0 atom stereocenters. The Morgan fingerprint density at radius 2 is 1.88 bits per heavy atom. The summed E-state index contributed by atoms with van der Waals surface area (Å²) in [7, 11) is 0. The van der Waals surface area contributed by atoms with Gasteiger partial charge in [0.15, 0.2) is 0 Å². The number of rotatable bonds is 3. The normalized spacial score (nSPS) is 10.3. The minimum absolute atomic E-state index is 0.823. The topological polar surface area (TPSA) is 24.9 Å². The lowest BCUT2D eigenvalue weighted by molar-refractivity contribution is 1.08. The van der Waals surface area contributed by atoms with E-state index in [-0.39, 0.29) is 0 Å². The van der Waals surface area contributed by atoms with Gasteiger partial charge in [-0.2, -0.15) is 0 Å². The Morgan fingerprint density at radius 1 is 1.06 bits per heavy atom. The number of anilines is 1. The molecule has 1 heterocycles. The van der Waals surface area contributed by atoms with Crippen LogP contribution in [0.2, 0.25) is 0 Å². The van der Waals surface area contributed by atoms with Crippen LogP contribution in [-0.2, 0) is 6.54 Å². The molecule has 0 unspecified atom stereocenters. The molecule has 0 amide bonds. The average Bonchev–Trinajstić information content (AvgIpc) is 2.30. The molecule has 88 valence electrons. The summed E-state index contributed by atoms with van der Waals surface area (Å²) in [4.78, 5) is 4.15. The Morgan fingerprint density at radius 3 is 2.59 bits per heavy atom. The second kappa shape index (κ2) is 5.00. The minimum Gasteiger partial charge on any atom is -0.381 e. The van der Waals surface area contributed by atoms with Gasteiger partial charge < -0.3 is 5.32 Å². The Labute approximate surface area is 103 Å². The van der Waals surface area contributed by atoms with Crippen molar-refractivity contribution in [3.63, 3.8) is 0 Å². The van der Waals surface area contributed by atoms with Gasteiger partial charge >= 0.3 is 0 Å². The van der Waals surface area contributed by atoms with Gasteiger partial charge in [0.05, 0.1) is 0 Å². The third-order valence-corrected chi connectivity index (χ3v) is 3.00. The van der Waals surface area contributed by atoms with Gasteiger partial charge in [0.1, 0.15) is 0 Å². The Kier molecular flexibility index (Phi) is 3.43. The second-order valence-electron chi connectivity index (χ2n) is 4.47. The molecule has 17 heavy (non-hydrogen) atoms. The lowest BCUT2D eigenvalue weighted by atomic mass is 10.1. The Hall–Kier alpha value is -1.83. The second-order valence-corrected chi connectivity index (χ2v) is 4.47. The lowest BCUT2D eigenvalue weighted by Gasteiger charge is -2.11. The van der Waals surface area contributed by atoms with Crippen molar-refractivity contribution in [2.45, 2.75) is 27.3 Å². The van der Waals surface area contributed by atoms with Crippen LogP contribution in [0.3, 0.4) is 0 Å². The van der Waals surface area contributed by atoms with Crippen LogP contribution in [0.1, 0.15) is 22.3 Å². The zero-order chi connectivity index (χ0) is 12.3. The maximum atomic E-state index is 4.15. The van der Waals surface area contributed by atoms with E-state index in [0.717, 1.165) is 6.54 Å². The summed E-state index contributed by atoms with van der Waals surface area (Å²) < 4.78 is 0. The summed E-state index contributed by atoms with van der Waals surface area (Å²) in [5.41, 5.74) is 6.29. The zero-order valence-corrected chi connectivity index (χ0v) is 10.6. The first-order valence-electron chi connectivity index (χ1n) is 5.87. The van der Waals surface area contributed by atoms with E-state index in [0.29, 0.717) is 0 Å². The van der Waals surface area contributed by atoms with E-state index >= 15 is 0 Å². The monoisotopic (exact) mass is 226 g/mol. The molecule has 0 aliphatic rings. The van der Waals surface area contributed by atoms with E-state index in [2.05, 4.69) is 49.3 Å². The van der Waals surface area contributed by atoms with Crippen molar-refractivity contribution in [3.8, 4) is 0 Å². The van der Waals surface area contributed by atoms with Crippen LogP contribution in [0.15, 0.2) is 36.7 Å². The van der Waals surface area contributed by atoms with Gasteiger partial charge in [-0.15, -0.1) is 0 Å². The molecule has 0 aliphatic carbocycles. The molecule has 1 aromatic heterocycles. The average molecular weight is 226 g/mol. The summed E-state index contributed by atoms with van der Waals surface area (Å²) in [5.74, 6) is 0. The fourth-order valence-corrected chi connectivity index (χ4v) is 1.88. The Bertz CT molecular complexity index is 518. The molecule has 2 nitrogen and oxygen atoms in total. The van der Waals surface area contributed by atoms with E-state index in [9.17, 15) is 0 Å². The molecule has 0 radical (unpaired) electrons. The van der Waals surface area contributed by atoms with Gasteiger partial charge in [0, 0.05) is 24.6 Å². The molecule has 1 aromatic carbocycles. The van der Waals surface area contributed by atoms with E-state index < -0.39 is 0 Å². The molecular weight excluding hydrogens is 208 g/mol. The molecule has 0 bridgehead atoms. The van der Waals surface area contributed by atoms with E-state index in [1.54, 1.807) is 0 Å². The van der Waals surface area contributed by atoms with Crippen LogP contribution in [0.4, 0.5) is 5.69 Å². The molecule has 2 heteroatoms. The third-order valence-electron chi connectivity index (χ3n) is 3.00. The van der Waals surface area contributed by atoms with Crippen molar-refractivity contribution in [1.82, 2.24) is 4.98 Å². The van der Waals surface area contributed by atoms with Crippen molar-refractivity contribution in [2.24, 2.45) is 0 Å². The van der Waals surface area contributed by atoms with Crippen LogP contribution >= 0.6 is 0 Å². The number of hydrogen-bond donors (Lipinski definition) is 1. The number of nitrogens with zero attached hydrogens (tertiary/aromatic N) is 1. The maximum Gasteiger partial charge on any atom is 0.0418 e. The molecule has 2 rings (SSSR count). The molecule has 0 aliphatic heterocycles. The molecule has 1 N–H and O–H groups in total. The highest BCUT2D eigenvalue weighted by molar-refractivity contribution is 5.52. The molecule has 0 spiro atoms. The number of hydrogen-bond acceptors (Lipinski definition) is 2. The first-order valence-corrected chi connectivity index (χ1v) is 5.87. The summed E-state index contributed by atoms with van der Waals surface area (Å²) >= 11 is 0. The summed E-state index contributed by atoms with van der Waals surface area (Å²) in [6.07, 6.45) is 3.75. The third kappa shape index (κ3) is 2.84. The first kappa shape index (κ1) is 11.6. The largest absolute Gasteiger partial charge is 0.381 e. The van der Waals surface area contributed by atoms with E-state index in [1.165, 1.54) is 27.9 Å². The zero-order valence-electron chi connectivity index (χ0n) is 10.6. The van der Waals surface area contributed by atoms with Crippen molar-refractivity contribution in [3.05, 3.63) is 58.9 Å². The van der Waals surface area contributed by atoms with Crippen LogP contribution in [0.25, 0.3) is 0 Å². The maximum absolute atomic E-state index is 4.15.